The molecular weight excluding hydrogens is 495 g/mol. The molecule has 2 atom stereocenters. The van der Waals surface area contributed by atoms with E-state index < -0.39 is 5.97 Å². The summed E-state index contributed by atoms with van der Waals surface area (Å²) < 4.78 is 19.5. The number of nitrogens with one attached hydrogen (secondary N) is 1. The molecule has 1 aliphatic rings. The Hall–Kier alpha value is -4.26. The highest BCUT2D eigenvalue weighted by Crippen LogP contribution is 2.34. The Bertz CT molecular complexity index is 1500. The molecule has 2 N–H and O–H groups in total. The van der Waals surface area contributed by atoms with Gasteiger partial charge in [0.05, 0.1) is 23.9 Å². The quantitative estimate of drug-likeness (QED) is 0.249. The van der Waals surface area contributed by atoms with Gasteiger partial charge in [-0.15, -0.1) is 0 Å². The third-order valence-corrected chi connectivity index (χ3v) is 7.12. The summed E-state index contributed by atoms with van der Waals surface area (Å²) in [6, 6.07) is 21.3. The minimum absolute atomic E-state index is 0.102. The van der Waals surface area contributed by atoms with Crippen LogP contribution in [0.25, 0.3) is 22.2 Å². The van der Waals surface area contributed by atoms with E-state index >= 15 is 0 Å². The molecule has 0 aliphatic carbocycles. The van der Waals surface area contributed by atoms with Crippen molar-refractivity contribution in [2.75, 3.05) is 6.61 Å². The van der Waals surface area contributed by atoms with Crippen molar-refractivity contribution >= 4 is 22.8 Å². The van der Waals surface area contributed by atoms with Crippen molar-refractivity contribution in [3.63, 3.8) is 0 Å². The van der Waals surface area contributed by atoms with E-state index in [0.717, 1.165) is 45.5 Å². The zero-order chi connectivity index (χ0) is 27.4. The zero-order valence-corrected chi connectivity index (χ0v) is 21.8. The molecule has 39 heavy (non-hydrogen) atoms. The number of hydrogen-bond acceptors (Lipinski definition) is 4. The predicted octanol–water partition coefficient (Wildman–Crippen LogP) is 6.73. The lowest BCUT2D eigenvalue weighted by Gasteiger charge is -2.20. The van der Waals surface area contributed by atoms with Gasteiger partial charge in [-0.2, -0.15) is 0 Å². The number of amides is 1. The van der Waals surface area contributed by atoms with Gasteiger partial charge < -0.3 is 15.2 Å². The molecule has 6 nitrogen and oxygen atoms in total. The number of ether oxygens (including phenoxy) is 1. The number of para-hydroxylation sites is 1. The van der Waals surface area contributed by atoms with Crippen molar-refractivity contribution in [1.82, 2.24) is 10.3 Å². The second-order valence-electron chi connectivity index (χ2n) is 10.2. The molecule has 1 unspecified atom stereocenters. The van der Waals surface area contributed by atoms with Gasteiger partial charge in [-0.1, -0.05) is 25.1 Å². The lowest BCUT2D eigenvalue weighted by Crippen LogP contribution is -2.29. The van der Waals surface area contributed by atoms with E-state index in [2.05, 4.69) is 12.2 Å². The van der Waals surface area contributed by atoms with Crippen LogP contribution in [0.5, 0.6) is 5.75 Å². The number of carboxylic acids is 1. The van der Waals surface area contributed by atoms with E-state index in [9.17, 15) is 14.0 Å². The largest absolute Gasteiger partial charge is 0.493 e. The molecule has 0 spiro atoms. The number of carboxylic acid groups (broad SMARTS) is 1. The predicted molar refractivity (Wildman–Crippen MR) is 148 cm³/mol. The van der Waals surface area contributed by atoms with Gasteiger partial charge in [-0.25, -0.2) is 9.37 Å². The van der Waals surface area contributed by atoms with Crippen molar-refractivity contribution in [2.45, 2.75) is 45.1 Å². The van der Waals surface area contributed by atoms with Crippen LogP contribution in [0.3, 0.4) is 0 Å². The van der Waals surface area contributed by atoms with Gasteiger partial charge in [0.1, 0.15) is 11.6 Å². The fourth-order valence-electron chi connectivity index (χ4n) is 5.11. The normalized spacial score (nSPS) is 16.7. The highest BCUT2D eigenvalue weighted by atomic mass is 19.1. The Morgan fingerprint density at radius 2 is 1.85 bits per heavy atom. The van der Waals surface area contributed by atoms with Crippen LogP contribution < -0.4 is 10.1 Å². The van der Waals surface area contributed by atoms with Crippen LogP contribution in [0.4, 0.5) is 4.39 Å². The van der Waals surface area contributed by atoms with Gasteiger partial charge in [0.2, 0.25) is 0 Å². The van der Waals surface area contributed by atoms with Gasteiger partial charge in [-0.05, 0) is 91.8 Å². The number of aliphatic carboxylic acids is 1. The van der Waals surface area contributed by atoms with Crippen molar-refractivity contribution in [3.05, 3.63) is 95.3 Å². The Labute approximate surface area is 226 Å². The first-order valence-electron chi connectivity index (χ1n) is 13.3. The van der Waals surface area contributed by atoms with Gasteiger partial charge in [0.15, 0.2) is 0 Å². The van der Waals surface area contributed by atoms with E-state index in [0.29, 0.717) is 31.4 Å². The van der Waals surface area contributed by atoms with E-state index in [4.69, 9.17) is 14.8 Å². The molecule has 0 saturated carbocycles. The molecular formula is C32H31FN2O4. The number of hydrogen-bond donors (Lipinski definition) is 2. The summed E-state index contributed by atoms with van der Waals surface area (Å²) in [6.45, 7) is 2.72. The maximum Gasteiger partial charge on any atom is 0.303 e. The molecule has 4 aromatic rings. The monoisotopic (exact) mass is 526 g/mol. The SMILES string of the molecule is CC1COc2ccccc2[C@H](NC(=O)c2ccc3nc(-c4ccc(F)cc4)c(CCCCC(=O)O)cc3c2)C1. The minimum Gasteiger partial charge on any atom is -0.493 e. The molecule has 5 rings (SSSR count). The number of nitrogens with zero attached hydrogens (tertiary/aromatic N) is 1. The summed E-state index contributed by atoms with van der Waals surface area (Å²) in [6.07, 6.45) is 2.72. The van der Waals surface area contributed by atoms with Gasteiger partial charge in [-0.3, -0.25) is 9.59 Å². The van der Waals surface area contributed by atoms with Crippen LogP contribution in [0.1, 0.15) is 60.1 Å². The minimum atomic E-state index is -0.821. The molecule has 1 aromatic heterocycles. The Kier molecular flexibility index (Phi) is 7.87. The Balaban J connectivity index is 1.44. The topological polar surface area (TPSA) is 88.5 Å². The average Bonchev–Trinajstić information content (AvgIpc) is 3.09. The van der Waals surface area contributed by atoms with E-state index in [-0.39, 0.29) is 30.1 Å². The molecule has 200 valence electrons. The van der Waals surface area contributed by atoms with Crippen molar-refractivity contribution in [2.24, 2.45) is 5.92 Å². The summed E-state index contributed by atoms with van der Waals surface area (Å²) in [4.78, 5) is 29.2. The lowest BCUT2D eigenvalue weighted by molar-refractivity contribution is -0.137. The van der Waals surface area contributed by atoms with E-state index in [1.165, 1.54) is 12.1 Å². The summed E-state index contributed by atoms with van der Waals surface area (Å²) in [7, 11) is 0. The van der Waals surface area contributed by atoms with Crippen LogP contribution in [0.15, 0.2) is 72.8 Å². The maximum absolute atomic E-state index is 13.6. The van der Waals surface area contributed by atoms with Gasteiger partial charge >= 0.3 is 5.97 Å². The molecule has 1 aliphatic heterocycles. The van der Waals surface area contributed by atoms with Crippen LogP contribution in [0.2, 0.25) is 0 Å². The molecule has 0 bridgehead atoms. The van der Waals surface area contributed by atoms with Crippen LogP contribution in [-0.2, 0) is 11.2 Å². The number of carbonyl (C=O) groups excluding carboxylic acids is 1. The van der Waals surface area contributed by atoms with E-state index in [1.807, 2.05) is 42.5 Å². The van der Waals surface area contributed by atoms with Crippen molar-refractivity contribution in [1.29, 1.82) is 0 Å². The smallest absolute Gasteiger partial charge is 0.303 e. The first kappa shape index (κ1) is 26.4. The summed E-state index contributed by atoms with van der Waals surface area (Å²) in [5.74, 6) is -0.224. The number of halogens is 1. The van der Waals surface area contributed by atoms with Gasteiger partial charge in [0, 0.05) is 28.5 Å². The van der Waals surface area contributed by atoms with Crippen LogP contribution in [-0.4, -0.2) is 28.6 Å². The highest BCUT2D eigenvalue weighted by Gasteiger charge is 2.25. The third-order valence-electron chi connectivity index (χ3n) is 7.12. The average molecular weight is 527 g/mol. The zero-order valence-electron chi connectivity index (χ0n) is 21.8. The maximum atomic E-state index is 13.6. The second-order valence-corrected chi connectivity index (χ2v) is 10.2. The molecule has 7 heteroatoms. The highest BCUT2D eigenvalue weighted by molar-refractivity contribution is 5.98. The van der Waals surface area contributed by atoms with Gasteiger partial charge in [0.25, 0.3) is 5.91 Å². The molecule has 1 amide bonds. The number of aromatic nitrogens is 1. The summed E-state index contributed by atoms with van der Waals surface area (Å²) >= 11 is 0. The lowest BCUT2D eigenvalue weighted by atomic mass is 9.96. The number of benzene rings is 3. The van der Waals surface area contributed by atoms with E-state index in [1.54, 1.807) is 18.2 Å². The fraction of sp³-hybridized carbons (Fsp3) is 0.281. The molecule has 3 aromatic carbocycles. The first-order valence-corrected chi connectivity index (χ1v) is 13.3. The number of aryl methyl sites for hydroxylation is 1. The molecule has 2 heterocycles. The number of fused-ring (bicyclic) bond motifs is 2. The summed E-state index contributed by atoms with van der Waals surface area (Å²) in [5, 5.41) is 13.0. The Morgan fingerprint density at radius 1 is 1.05 bits per heavy atom. The van der Waals surface area contributed by atoms with Crippen LogP contribution in [0, 0.1) is 11.7 Å². The number of carbonyl (C=O) groups is 2. The first-order chi connectivity index (χ1) is 18.9. The van der Waals surface area contributed by atoms with Crippen molar-refractivity contribution < 1.29 is 23.8 Å². The molecule has 0 radical (unpaired) electrons. The molecule has 0 saturated heterocycles. The number of unbranched alkanes of at least 4 members (excludes halogenated alkanes) is 1. The fourth-order valence-corrected chi connectivity index (χ4v) is 5.11. The van der Waals surface area contributed by atoms with Crippen molar-refractivity contribution in [3.8, 4) is 17.0 Å². The Morgan fingerprint density at radius 3 is 2.64 bits per heavy atom. The second kappa shape index (κ2) is 11.6. The molecule has 0 fully saturated rings. The number of pyridine rings is 1. The van der Waals surface area contributed by atoms with Crippen LogP contribution >= 0.6 is 0 Å². The summed E-state index contributed by atoms with van der Waals surface area (Å²) in [5.41, 5.74) is 4.69. The number of rotatable bonds is 8. The standard InChI is InChI=1S/C32H31FN2O4/c1-20-16-28(26-7-3-4-8-29(26)39-19-20)35-32(38)23-12-15-27-24(18-23)17-22(6-2-5-9-30(36)37)31(34-27)21-10-13-25(33)14-11-21/h3-4,7-8,10-15,17-18,20,28H,2,5-6,9,16,19H2,1H3,(H,35,38)(H,36,37)/t20?,28-/m1/s1. The third kappa shape index (κ3) is 6.25.